The molecule has 0 aliphatic carbocycles. The molecule has 1 N–H and O–H groups in total. The van der Waals surface area contributed by atoms with Crippen molar-refractivity contribution in [3.63, 3.8) is 0 Å². The molecule has 1 aromatic carbocycles. The van der Waals surface area contributed by atoms with Gasteiger partial charge in [0, 0.05) is 36.6 Å². The molecule has 4 nitrogen and oxygen atoms in total. The summed E-state index contributed by atoms with van der Waals surface area (Å²) in [6.45, 7) is 6.66. The number of hydrogen-bond donors (Lipinski definition) is 1. The van der Waals surface area contributed by atoms with Crippen LogP contribution >= 0.6 is 11.6 Å². The highest BCUT2D eigenvalue weighted by molar-refractivity contribution is 6.30. The van der Waals surface area contributed by atoms with Gasteiger partial charge in [-0.25, -0.2) is 4.79 Å². The van der Waals surface area contributed by atoms with E-state index in [0.717, 1.165) is 5.56 Å². The van der Waals surface area contributed by atoms with Gasteiger partial charge in [-0.2, -0.15) is 0 Å². The number of nitrogens with zero attached hydrogens (tertiary/aromatic N) is 1. The van der Waals surface area contributed by atoms with Crippen molar-refractivity contribution in [3.8, 4) is 0 Å². The fraction of sp³-hybridized carbons (Fsp3) is 0.562. The summed E-state index contributed by atoms with van der Waals surface area (Å²) in [5.41, 5.74) is 0.578. The maximum Gasteiger partial charge on any atom is 0.410 e. The molecule has 0 aromatic heterocycles. The largest absolute Gasteiger partial charge is 0.444 e. The first-order chi connectivity index (χ1) is 9.80. The van der Waals surface area contributed by atoms with E-state index in [4.69, 9.17) is 16.3 Å². The van der Waals surface area contributed by atoms with Crippen LogP contribution in [0.25, 0.3) is 0 Å². The molecular formula is C16H22ClNO3. The molecule has 1 aliphatic rings. The van der Waals surface area contributed by atoms with Crippen LogP contribution in [0, 0.1) is 5.92 Å². The molecule has 2 atom stereocenters. The van der Waals surface area contributed by atoms with Crippen molar-refractivity contribution in [2.45, 2.75) is 32.3 Å². The molecule has 0 bridgehead atoms. The normalized spacial score (nSPS) is 22.4. The lowest BCUT2D eigenvalue weighted by Crippen LogP contribution is -2.35. The number of rotatable bonds is 2. The van der Waals surface area contributed by atoms with Gasteiger partial charge in [0.05, 0.1) is 0 Å². The summed E-state index contributed by atoms with van der Waals surface area (Å²) in [5, 5.41) is 10.3. The lowest BCUT2D eigenvalue weighted by Gasteiger charge is -2.24. The molecular weight excluding hydrogens is 290 g/mol. The number of likely N-dealkylation sites (tertiary alicyclic amines) is 1. The summed E-state index contributed by atoms with van der Waals surface area (Å²) in [6, 6.07) is 7.57. The Morgan fingerprint density at radius 2 is 1.95 bits per heavy atom. The van der Waals surface area contributed by atoms with Gasteiger partial charge >= 0.3 is 6.09 Å². The van der Waals surface area contributed by atoms with E-state index in [1.54, 1.807) is 4.90 Å². The second-order valence-corrected chi connectivity index (χ2v) is 6.92. The fourth-order valence-corrected chi connectivity index (χ4v) is 2.75. The second-order valence-electron chi connectivity index (χ2n) is 6.49. The number of carbonyl (C=O) groups excluding carboxylic acids is 1. The first kappa shape index (κ1) is 16.1. The molecule has 1 heterocycles. The number of amides is 1. The minimum Gasteiger partial charge on any atom is -0.444 e. The smallest absolute Gasteiger partial charge is 0.410 e. The third kappa shape index (κ3) is 4.11. The molecule has 1 aromatic rings. The van der Waals surface area contributed by atoms with Gasteiger partial charge in [0.15, 0.2) is 0 Å². The Hall–Kier alpha value is -1.26. The van der Waals surface area contributed by atoms with Crippen LogP contribution in [0.3, 0.4) is 0 Å². The van der Waals surface area contributed by atoms with Gasteiger partial charge in [0.1, 0.15) is 5.60 Å². The van der Waals surface area contributed by atoms with Crippen molar-refractivity contribution in [2.75, 3.05) is 19.7 Å². The zero-order valence-electron chi connectivity index (χ0n) is 12.7. The van der Waals surface area contributed by atoms with E-state index in [-0.39, 0.29) is 24.5 Å². The number of benzene rings is 1. The van der Waals surface area contributed by atoms with Crippen molar-refractivity contribution in [3.05, 3.63) is 34.9 Å². The third-order valence-electron chi connectivity index (χ3n) is 3.63. The molecule has 2 unspecified atom stereocenters. The molecule has 1 aliphatic heterocycles. The molecule has 116 valence electrons. The molecule has 1 amide bonds. The highest BCUT2D eigenvalue weighted by atomic mass is 35.5. The summed E-state index contributed by atoms with van der Waals surface area (Å²) in [6.07, 6.45) is -0.322. The number of aliphatic hydroxyl groups is 1. The number of halogens is 1. The van der Waals surface area contributed by atoms with Crippen molar-refractivity contribution in [2.24, 2.45) is 5.92 Å². The van der Waals surface area contributed by atoms with E-state index in [1.165, 1.54) is 0 Å². The Morgan fingerprint density at radius 1 is 1.33 bits per heavy atom. The Bertz CT molecular complexity index is 495. The zero-order chi connectivity index (χ0) is 15.6. The van der Waals surface area contributed by atoms with Crippen LogP contribution in [-0.4, -0.2) is 41.4 Å². The zero-order valence-corrected chi connectivity index (χ0v) is 13.4. The Balaban J connectivity index is 2.10. The lowest BCUT2D eigenvalue weighted by atomic mass is 9.90. The second kappa shape index (κ2) is 6.24. The van der Waals surface area contributed by atoms with Crippen LogP contribution in [0.15, 0.2) is 24.3 Å². The molecule has 2 rings (SSSR count). The van der Waals surface area contributed by atoms with Crippen LogP contribution in [-0.2, 0) is 4.74 Å². The molecule has 1 saturated heterocycles. The number of hydrogen-bond acceptors (Lipinski definition) is 3. The van der Waals surface area contributed by atoms with Crippen LogP contribution in [0.5, 0.6) is 0 Å². The SMILES string of the molecule is CC(C)(C)OC(=O)N1CC(CO)C(c2ccc(Cl)cc2)C1. The summed E-state index contributed by atoms with van der Waals surface area (Å²) in [4.78, 5) is 13.8. The van der Waals surface area contributed by atoms with Gasteiger partial charge < -0.3 is 14.7 Å². The average molecular weight is 312 g/mol. The van der Waals surface area contributed by atoms with E-state index >= 15 is 0 Å². The number of aliphatic hydroxyl groups excluding tert-OH is 1. The highest BCUT2D eigenvalue weighted by Crippen LogP contribution is 2.33. The van der Waals surface area contributed by atoms with Crippen LogP contribution in [0.1, 0.15) is 32.3 Å². The van der Waals surface area contributed by atoms with Gasteiger partial charge in [-0.3, -0.25) is 0 Å². The van der Waals surface area contributed by atoms with Crippen molar-refractivity contribution in [1.82, 2.24) is 4.90 Å². The Kier molecular flexibility index (Phi) is 4.79. The molecule has 1 fully saturated rings. The van der Waals surface area contributed by atoms with E-state index in [2.05, 4.69) is 0 Å². The fourth-order valence-electron chi connectivity index (χ4n) is 2.62. The minimum absolute atomic E-state index is 0.0266. The van der Waals surface area contributed by atoms with Crippen LogP contribution < -0.4 is 0 Å². The molecule has 5 heteroatoms. The number of ether oxygens (including phenoxy) is 1. The van der Waals surface area contributed by atoms with Crippen molar-refractivity contribution in [1.29, 1.82) is 0 Å². The van der Waals surface area contributed by atoms with E-state index in [1.807, 2.05) is 45.0 Å². The van der Waals surface area contributed by atoms with E-state index < -0.39 is 5.60 Å². The Labute approximate surface area is 130 Å². The summed E-state index contributed by atoms with van der Waals surface area (Å²) < 4.78 is 5.40. The Morgan fingerprint density at radius 3 is 2.48 bits per heavy atom. The first-order valence-corrected chi connectivity index (χ1v) is 7.52. The molecule has 0 saturated carbocycles. The highest BCUT2D eigenvalue weighted by Gasteiger charge is 2.37. The topological polar surface area (TPSA) is 49.8 Å². The maximum absolute atomic E-state index is 12.2. The van der Waals surface area contributed by atoms with E-state index in [9.17, 15) is 9.90 Å². The predicted octanol–water partition coefficient (Wildman–Crippen LogP) is 3.28. The van der Waals surface area contributed by atoms with Gasteiger partial charge in [0.2, 0.25) is 0 Å². The quantitative estimate of drug-likeness (QED) is 0.912. The predicted molar refractivity (Wildman–Crippen MR) is 82.6 cm³/mol. The van der Waals surface area contributed by atoms with E-state index in [0.29, 0.717) is 18.1 Å². The van der Waals surface area contributed by atoms with Gasteiger partial charge in [-0.05, 0) is 38.5 Å². The maximum atomic E-state index is 12.2. The van der Waals surface area contributed by atoms with Crippen molar-refractivity contribution < 1.29 is 14.6 Å². The van der Waals surface area contributed by atoms with Crippen LogP contribution in [0.4, 0.5) is 4.79 Å². The molecule has 21 heavy (non-hydrogen) atoms. The summed E-state index contributed by atoms with van der Waals surface area (Å²) >= 11 is 5.91. The van der Waals surface area contributed by atoms with Gasteiger partial charge in [0.25, 0.3) is 0 Å². The summed E-state index contributed by atoms with van der Waals surface area (Å²) in [7, 11) is 0. The monoisotopic (exact) mass is 311 g/mol. The van der Waals surface area contributed by atoms with Gasteiger partial charge in [-0.15, -0.1) is 0 Å². The third-order valence-corrected chi connectivity index (χ3v) is 3.88. The standard InChI is InChI=1S/C16H22ClNO3/c1-16(2,3)21-15(20)18-8-12(10-19)14(9-18)11-4-6-13(17)7-5-11/h4-7,12,14,19H,8-10H2,1-3H3. The molecule has 0 radical (unpaired) electrons. The molecule has 0 spiro atoms. The van der Waals surface area contributed by atoms with Crippen molar-refractivity contribution >= 4 is 17.7 Å². The number of carbonyl (C=O) groups is 1. The lowest BCUT2D eigenvalue weighted by molar-refractivity contribution is 0.0283. The van der Waals surface area contributed by atoms with Crippen LogP contribution in [0.2, 0.25) is 5.02 Å². The van der Waals surface area contributed by atoms with Gasteiger partial charge in [-0.1, -0.05) is 23.7 Å². The average Bonchev–Trinajstić information content (AvgIpc) is 2.82. The minimum atomic E-state index is -0.510. The summed E-state index contributed by atoms with van der Waals surface area (Å²) in [5.74, 6) is 0.137. The first-order valence-electron chi connectivity index (χ1n) is 7.14.